The molecule has 3 N–H and O–H groups in total. The molecule has 0 spiro atoms. The quantitative estimate of drug-likeness (QED) is 0.452. The highest BCUT2D eigenvalue weighted by molar-refractivity contribution is 5.96. The number of Topliss-reactive ketones (excluding diaryl/α,β-unsaturated/α-hetero) is 1. The first kappa shape index (κ1) is 22.7. The number of nitrogens with one attached hydrogen (secondary N) is 1. The molecule has 4 rings (SSSR count). The summed E-state index contributed by atoms with van der Waals surface area (Å²) in [5.74, 6) is -0.104. The third kappa shape index (κ3) is 4.82. The van der Waals surface area contributed by atoms with Crippen LogP contribution in [0.4, 0.5) is 4.79 Å². The predicted octanol–water partition coefficient (Wildman–Crippen LogP) is 4.21. The lowest BCUT2D eigenvalue weighted by Gasteiger charge is -2.20. The fourth-order valence-corrected chi connectivity index (χ4v) is 4.27. The van der Waals surface area contributed by atoms with E-state index in [2.05, 4.69) is 17.4 Å². The third-order valence-electron chi connectivity index (χ3n) is 6.03. The van der Waals surface area contributed by atoms with E-state index in [1.807, 2.05) is 36.4 Å². The first-order valence-electron chi connectivity index (χ1n) is 11.1. The van der Waals surface area contributed by atoms with Gasteiger partial charge in [-0.05, 0) is 33.9 Å². The molecule has 170 valence electrons. The molecule has 6 nitrogen and oxygen atoms in total. The van der Waals surface area contributed by atoms with Gasteiger partial charge in [0.1, 0.15) is 18.8 Å². The molecule has 0 saturated carbocycles. The normalized spacial score (nSPS) is 14.2. The number of alkyl carbamates (subject to hydrolysis) is 1. The van der Waals surface area contributed by atoms with Gasteiger partial charge in [-0.25, -0.2) is 4.79 Å². The van der Waals surface area contributed by atoms with E-state index in [0.29, 0.717) is 17.5 Å². The molecule has 0 aromatic heterocycles. The van der Waals surface area contributed by atoms with Crippen LogP contribution in [-0.4, -0.2) is 41.3 Å². The van der Waals surface area contributed by atoms with E-state index >= 15 is 0 Å². The minimum absolute atomic E-state index is 0.0460. The number of aliphatic hydroxyl groups excluding tert-OH is 2. The molecule has 3 aromatic rings. The lowest BCUT2D eigenvalue weighted by molar-refractivity contribution is 0.0185. The van der Waals surface area contributed by atoms with Crippen molar-refractivity contribution >= 4 is 11.9 Å². The summed E-state index contributed by atoms with van der Waals surface area (Å²) in [6, 6.07) is 22.7. The van der Waals surface area contributed by atoms with Crippen molar-refractivity contribution in [3.05, 3.63) is 95.1 Å². The summed E-state index contributed by atoms with van der Waals surface area (Å²) in [5, 5.41) is 23.3. The summed E-state index contributed by atoms with van der Waals surface area (Å²) < 4.78 is 5.45. The number of ether oxygens (including phenoxy) is 1. The van der Waals surface area contributed by atoms with Crippen LogP contribution in [0.5, 0.6) is 0 Å². The molecular weight excluding hydrogens is 418 g/mol. The van der Waals surface area contributed by atoms with Crippen LogP contribution in [0.15, 0.2) is 72.8 Å². The molecule has 2 unspecified atom stereocenters. The van der Waals surface area contributed by atoms with E-state index in [4.69, 9.17) is 4.74 Å². The van der Waals surface area contributed by atoms with E-state index < -0.39 is 18.3 Å². The van der Waals surface area contributed by atoms with E-state index in [9.17, 15) is 19.8 Å². The highest BCUT2D eigenvalue weighted by Gasteiger charge is 2.29. The average Bonchev–Trinajstić information content (AvgIpc) is 3.18. The van der Waals surface area contributed by atoms with Crippen molar-refractivity contribution < 1.29 is 24.5 Å². The summed E-state index contributed by atoms with van der Waals surface area (Å²) in [5.41, 5.74) is 5.41. The molecule has 1 aliphatic rings. The van der Waals surface area contributed by atoms with E-state index in [1.165, 1.54) is 0 Å². The Labute approximate surface area is 192 Å². The maximum absolute atomic E-state index is 12.3. The fourth-order valence-electron chi connectivity index (χ4n) is 4.27. The second-order valence-corrected chi connectivity index (χ2v) is 8.12. The second-order valence-electron chi connectivity index (χ2n) is 8.12. The first-order valence-corrected chi connectivity index (χ1v) is 11.1. The van der Waals surface area contributed by atoms with Crippen LogP contribution in [-0.2, 0) is 4.74 Å². The van der Waals surface area contributed by atoms with Gasteiger partial charge in [-0.1, -0.05) is 73.7 Å². The van der Waals surface area contributed by atoms with Gasteiger partial charge in [0.2, 0.25) is 0 Å². The van der Waals surface area contributed by atoms with Crippen molar-refractivity contribution in [2.45, 2.75) is 31.5 Å². The number of hydrogen-bond acceptors (Lipinski definition) is 5. The van der Waals surface area contributed by atoms with Gasteiger partial charge in [0.05, 0.1) is 0 Å². The number of aliphatic hydroxyl groups is 2. The molecule has 0 radical (unpaired) electrons. The van der Waals surface area contributed by atoms with Crippen molar-refractivity contribution in [2.24, 2.45) is 0 Å². The van der Waals surface area contributed by atoms with Gasteiger partial charge in [-0.15, -0.1) is 0 Å². The van der Waals surface area contributed by atoms with Gasteiger partial charge in [0.25, 0.3) is 0 Å². The fraction of sp³-hybridized carbons (Fsp3) is 0.259. The Morgan fingerprint density at radius 2 is 1.58 bits per heavy atom. The Hall–Kier alpha value is -3.48. The Bertz CT molecular complexity index is 1110. The van der Waals surface area contributed by atoms with Gasteiger partial charge in [-0.3, -0.25) is 4.79 Å². The number of carbonyl (C=O) groups excluding carboxylic acids is 2. The minimum Gasteiger partial charge on any atom is -0.449 e. The maximum atomic E-state index is 12.3. The summed E-state index contributed by atoms with van der Waals surface area (Å²) in [4.78, 5) is 24.2. The van der Waals surface area contributed by atoms with Gasteiger partial charge >= 0.3 is 6.09 Å². The molecular formula is C27H27NO5. The van der Waals surface area contributed by atoms with E-state index in [0.717, 1.165) is 22.3 Å². The van der Waals surface area contributed by atoms with Gasteiger partial charge in [-0.2, -0.15) is 0 Å². The Morgan fingerprint density at radius 3 is 2.21 bits per heavy atom. The van der Waals surface area contributed by atoms with Crippen LogP contribution in [0.25, 0.3) is 11.1 Å². The van der Waals surface area contributed by atoms with Crippen LogP contribution in [0.2, 0.25) is 0 Å². The predicted molar refractivity (Wildman–Crippen MR) is 125 cm³/mol. The molecule has 0 fully saturated rings. The van der Waals surface area contributed by atoms with Gasteiger partial charge in [0, 0.05) is 24.4 Å². The molecule has 0 saturated heterocycles. The monoisotopic (exact) mass is 445 g/mol. The molecule has 6 heteroatoms. The molecule has 0 aliphatic heterocycles. The van der Waals surface area contributed by atoms with Crippen molar-refractivity contribution in [2.75, 3.05) is 13.2 Å². The first-order chi connectivity index (χ1) is 16.0. The zero-order chi connectivity index (χ0) is 23.4. The lowest BCUT2D eigenvalue weighted by atomic mass is 9.98. The number of rotatable bonds is 8. The zero-order valence-electron chi connectivity index (χ0n) is 18.4. The third-order valence-corrected chi connectivity index (χ3v) is 6.03. The number of fused-ring (bicyclic) bond motifs is 3. The number of ketones is 1. The smallest absolute Gasteiger partial charge is 0.407 e. The average molecular weight is 446 g/mol. The highest BCUT2D eigenvalue weighted by atomic mass is 16.5. The van der Waals surface area contributed by atoms with Crippen LogP contribution >= 0.6 is 0 Å². The van der Waals surface area contributed by atoms with Crippen LogP contribution in [0, 0.1) is 0 Å². The molecule has 0 heterocycles. The molecule has 1 amide bonds. The Kier molecular flexibility index (Phi) is 6.87. The topological polar surface area (TPSA) is 95.9 Å². The minimum atomic E-state index is -1.25. The number of carbonyl (C=O) groups is 2. The van der Waals surface area contributed by atoms with Crippen LogP contribution in [0.1, 0.15) is 52.4 Å². The molecule has 0 bridgehead atoms. The highest BCUT2D eigenvalue weighted by Crippen LogP contribution is 2.44. The Balaban J connectivity index is 1.33. The summed E-state index contributed by atoms with van der Waals surface area (Å²) in [6.45, 7) is 1.74. The second kappa shape index (κ2) is 9.98. The van der Waals surface area contributed by atoms with Crippen molar-refractivity contribution in [3.63, 3.8) is 0 Å². The SMILES string of the molecule is CCC(=O)c1cccc(C(O)C(O)CNC(=O)OCC2c3ccccc3-c3ccccc32)c1. The maximum Gasteiger partial charge on any atom is 0.407 e. The number of amides is 1. The van der Waals surface area contributed by atoms with Crippen molar-refractivity contribution in [1.29, 1.82) is 0 Å². The molecule has 1 aliphatic carbocycles. The summed E-state index contributed by atoms with van der Waals surface area (Å²) >= 11 is 0. The summed E-state index contributed by atoms with van der Waals surface area (Å²) in [6.07, 6.45) is -2.81. The number of benzene rings is 3. The van der Waals surface area contributed by atoms with E-state index in [1.54, 1.807) is 31.2 Å². The number of hydrogen-bond donors (Lipinski definition) is 3. The lowest BCUT2D eigenvalue weighted by Crippen LogP contribution is -2.36. The van der Waals surface area contributed by atoms with Gasteiger partial charge < -0.3 is 20.3 Å². The van der Waals surface area contributed by atoms with Crippen molar-refractivity contribution in [1.82, 2.24) is 5.32 Å². The van der Waals surface area contributed by atoms with Crippen LogP contribution < -0.4 is 5.32 Å². The molecule has 33 heavy (non-hydrogen) atoms. The molecule has 2 atom stereocenters. The van der Waals surface area contributed by atoms with Gasteiger partial charge in [0.15, 0.2) is 5.78 Å². The standard InChI is InChI=1S/C27H27NO5/c1-2-24(29)17-8-7-9-18(14-17)26(31)25(30)15-28-27(32)33-16-23-21-12-5-3-10-19(21)20-11-4-6-13-22(20)23/h3-14,23,25-26,30-31H,2,15-16H2,1H3,(H,28,32). The Morgan fingerprint density at radius 1 is 0.939 bits per heavy atom. The molecule has 3 aromatic carbocycles. The summed E-state index contributed by atoms with van der Waals surface area (Å²) in [7, 11) is 0. The van der Waals surface area contributed by atoms with Crippen LogP contribution in [0.3, 0.4) is 0 Å². The zero-order valence-corrected chi connectivity index (χ0v) is 18.4. The van der Waals surface area contributed by atoms with Crippen molar-refractivity contribution in [3.8, 4) is 11.1 Å². The van der Waals surface area contributed by atoms with E-state index in [-0.39, 0.29) is 24.9 Å². The largest absolute Gasteiger partial charge is 0.449 e.